The molecule has 25 heavy (non-hydrogen) atoms. The third-order valence-electron chi connectivity index (χ3n) is 4.35. The Kier molecular flexibility index (Phi) is 4.72. The highest BCUT2D eigenvalue weighted by Crippen LogP contribution is 2.27. The largest absolute Gasteiger partial charge is 0.496 e. The Morgan fingerprint density at radius 1 is 1.12 bits per heavy atom. The first-order valence-electron chi connectivity index (χ1n) is 8.01. The Hall–Kier alpha value is -2.86. The van der Waals surface area contributed by atoms with Crippen LogP contribution in [0.1, 0.15) is 26.3 Å². The van der Waals surface area contributed by atoms with E-state index in [9.17, 15) is 14.7 Å². The van der Waals surface area contributed by atoms with Gasteiger partial charge in [-0.15, -0.1) is 0 Å². The molecule has 0 fully saturated rings. The van der Waals surface area contributed by atoms with Crippen molar-refractivity contribution in [3.63, 3.8) is 0 Å². The van der Waals surface area contributed by atoms with Crippen molar-refractivity contribution in [3.05, 3.63) is 59.2 Å². The maximum absolute atomic E-state index is 13.1. The number of para-hydroxylation sites is 1. The van der Waals surface area contributed by atoms with Crippen LogP contribution in [0.15, 0.2) is 42.5 Å². The molecule has 1 aliphatic rings. The second kappa shape index (κ2) is 6.94. The number of carbonyl (C=O) groups is 2. The van der Waals surface area contributed by atoms with Crippen LogP contribution in [0.25, 0.3) is 0 Å². The van der Waals surface area contributed by atoms with Crippen molar-refractivity contribution in [2.24, 2.45) is 0 Å². The molecule has 130 valence electrons. The van der Waals surface area contributed by atoms with Crippen LogP contribution in [-0.4, -0.2) is 49.1 Å². The van der Waals surface area contributed by atoms with E-state index < -0.39 is 5.97 Å². The second-order valence-corrected chi connectivity index (χ2v) is 6.04. The van der Waals surface area contributed by atoms with Gasteiger partial charge in [-0.05, 0) is 36.9 Å². The number of likely N-dealkylation sites (N-methyl/N-ethyl adjacent to an activating group) is 1. The zero-order valence-corrected chi connectivity index (χ0v) is 14.2. The van der Waals surface area contributed by atoms with Crippen molar-refractivity contribution in [2.45, 2.75) is 6.54 Å². The second-order valence-electron chi connectivity index (χ2n) is 6.04. The predicted octanol–water partition coefficient (Wildman–Crippen LogP) is 2.49. The van der Waals surface area contributed by atoms with E-state index in [1.165, 1.54) is 25.3 Å². The van der Waals surface area contributed by atoms with Crippen LogP contribution in [-0.2, 0) is 6.54 Å². The fraction of sp³-hybridized carbons (Fsp3) is 0.263. The molecule has 0 aliphatic carbocycles. The Balaban J connectivity index is 1.99. The summed E-state index contributed by atoms with van der Waals surface area (Å²) in [6, 6.07) is 12.3. The number of benzene rings is 2. The van der Waals surface area contributed by atoms with Crippen molar-refractivity contribution in [1.29, 1.82) is 0 Å². The summed E-state index contributed by atoms with van der Waals surface area (Å²) >= 11 is 0. The van der Waals surface area contributed by atoms with Gasteiger partial charge in [0.05, 0.1) is 7.11 Å². The predicted molar refractivity (Wildman–Crippen MR) is 94.4 cm³/mol. The lowest BCUT2D eigenvalue weighted by atomic mass is 10.1. The highest BCUT2D eigenvalue weighted by Gasteiger charge is 2.25. The number of hydrogen-bond donors (Lipinski definition) is 1. The van der Waals surface area contributed by atoms with Crippen LogP contribution >= 0.6 is 0 Å². The fourth-order valence-corrected chi connectivity index (χ4v) is 3.04. The van der Waals surface area contributed by atoms with Crippen molar-refractivity contribution < 1.29 is 19.4 Å². The molecule has 0 aromatic heterocycles. The number of anilines is 1. The van der Waals surface area contributed by atoms with Crippen LogP contribution in [0, 0.1) is 0 Å². The molecule has 0 atom stereocenters. The lowest BCUT2D eigenvalue weighted by Gasteiger charge is -2.23. The number of fused-ring (bicyclic) bond motifs is 1. The average Bonchev–Trinajstić information content (AvgIpc) is 2.78. The summed E-state index contributed by atoms with van der Waals surface area (Å²) in [5, 5.41) is 9.19. The monoisotopic (exact) mass is 340 g/mol. The Morgan fingerprint density at radius 3 is 2.60 bits per heavy atom. The third kappa shape index (κ3) is 3.34. The molecule has 1 N–H and O–H groups in total. The molecule has 1 heterocycles. The number of methoxy groups -OCH3 is 1. The van der Waals surface area contributed by atoms with Crippen LogP contribution < -0.4 is 9.64 Å². The normalized spacial score (nSPS) is 14.6. The third-order valence-corrected chi connectivity index (χ3v) is 4.35. The van der Waals surface area contributed by atoms with E-state index in [0.717, 1.165) is 24.3 Å². The first-order valence-corrected chi connectivity index (χ1v) is 8.01. The van der Waals surface area contributed by atoms with Gasteiger partial charge in [-0.3, -0.25) is 4.79 Å². The summed E-state index contributed by atoms with van der Waals surface area (Å²) in [6.45, 7) is 2.10. The smallest absolute Gasteiger partial charge is 0.339 e. The lowest BCUT2D eigenvalue weighted by Crippen LogP contribution is -2.35. The van der Waals surface area contributed by atoms with E-state index in [0.29, 0.717) is 12.1 Å². The highest BCUT2D eigenvalue weighted by molar-refractivity contribution is 6.07. The van der Waals surface area contributed by atoms with Gasteiger partial charge in [-0.25, -0.2) is 4.79 Å². The van der Waals surface area contributed by atoms with E-state index in [4.69, 9.17) is 4.74 Å². The van der Waals surface area contributed by atoms with Gasteiger partial charge >= 0.3 is 5.97 Å². The van der Waals surface area contributed by atoms with Gasteiger partial charge in [0.2, 0.25) is 0 Å². The number of carbonyl (C=O) groups excluding carboxylic acids is 1. The van der Waals surface area contributed by atoms with Crippen molar-refractivity contribution in [2.75, 3.05) is 32.1 Å². The Labute approximate surface area is 146 Å². The minimum Gasteiger partial charge on any atom is -0.496 e. The number of hydrogen-bond acceptors (Lipinski definition) is 4. The zero-order chi connectivity index (χ0) is 18.0. The molecule has 0 unspecified atom stereocenters. The molecule has 0 saturated carbocycles. The summed E-state index contributed by atoms with van der Waals surface area (Å²) in [5.41, 5.74) is 2.42. The maximum atomic E-state index is 13.1. The van der Waals surface area contributed by atoms with Gasteiger partial charge in [-0.1, -0.05) is 18.2 Å². The number of rotatable bonds is 3. The molecule has 1 aliphatic heterocycles. The minimum absolute atomic E-state index is 0.0371. The van der Waals surface area contributed by atoms with Gasteiger partial charge in [0.25, 0.3) is 5.91 Å². The molecular formula is C19H20N2O4. The zero-order valence-electron chi connectivity index (χ0n) is 14.2. The summed E-state index contributed by atoms with van der Waals surface area (Å²) in [5.74, 6) is -1.07. The van der Waals surface area contributed by atoms with Crippen molar-refractivity contribution >= 4 is 17.6 Å². The summed E-state index contributed by atoms with van der Waals surface area (Å²) in [7, 11) is 3.42. The summed E-state index contributed by atoms with van der Waals surface area (Å²) in [4.78, 5) is 28.2. The minimum atomic E-state index is -1.09. The Morgan fingerprint density at radius 2 is 1.88 bits per heavy atom. The number of aromatic carboxylic acids is 1. The van der Waals surface area contributed by atoms with Crippen molar-refractivity contribution in [1.82, 2.24) is 4.90 Å². The first-order chi connectivity index (χ1) is 12.0. The van der Waals surface area contributed by atoms with Gasteiger partial charge in [-0.2, -0.15) is 0 Å². The highest BCUT2D eigenvalue weighted by atomic mass is 16.5. The molecular weight excluding hydrogens is 320 g/mol. The summed E-state index contributed by atoms with van der Waals surface area (Å²) < 4.78 is 5.14. The van der Waals surface area contributed by atoms with Gasteiger partial charge < -0.3 is 19.6 Å². The first kappa shape index (κ1) is 17.0. The van der Waals surface area contributed by atoms with Gasteiger partial charge in [0, 0.05) is 30.9 Å². The quantitative estimate of drug-likeness (QED) is 0.929. The number of ether oxygens (including phenoxy) is 1. The fourth-order valence-electron chi connectivity index (χ4n) is 3.04. The number of carboxylic acid groups (broad SMARTS) is 1. The molecule has 6 heteroatoms. The molecule has 0 bridgehead atoms. The molecule has 2 aromatic rings. The molecule has 0 spiro atoms. The summed E-state index contributed by atoms with van der Waals surface area (Å²) in [6.07, 6.45) is 0. The molecule has 1 amide bonds. The molecule has 3 rings (SSSR count). The van der Waals surface area contributed by atoms with Crippen molar-refractivity contribution in [3.8, 4) is 5.75 Å². The van der Waals surface area contributed by atoms with E-state index in [1.54, 1.807) is 4.90 Å². The number of amides is 1. The van der Waals surface area contributed by atoms with E-state index >= 15 is 0 Å². The molecule has 6 nitrogen and oxygen atoms in total. The van der Waals surface area contributed by atoms with E-state index in [2.05, 4.69) is 4.90 Å². The molecule has 0 radical (unpaired) electrons. The lowest BCUT2D eigenvalue weighted by molar-refractivity contribution is 0.0692. The number of carboxylic acids is 1. The SMILES string of the molecule is COc1cc(C(=O)N2CCN(C)Cc3ccccc32)ccc1C(=O)O. The standard InChI is InChI=1S/C19H20N2O4/c1-20-9-10-21(16-6-4-3-5-14(16)12-20)18(22)13-7-8-15(19(23)24)17(11-13)25-2/h3-8,11H,9-10,12H2,1-2H3,(H,23,24). The molecule has 2 aromatic carbocycles. The average molecular weight is 340 g/mol. The van der Waals surface area contributed by atoms with E-state index in [-0.39, 0.29) is 17.2 Å². The van der Waals surface area contributed by atoms with Crippen LogP contribution in [0.3, 0.4) is 0 Å². The maximum Gasteiger partial charge on any atom is 0.339 e. The van der Waals surface area contributed by atoms with Gasteiger partial charge in [0.1, 0.15) is 11.3 Å². The Bertz CT molecular complexity index is 819. The van der Waals surface area contributed by atoms with E-state index in [1.807, 2.05) is 31.3 Å². The van der Waals surface area contributed by atoms with Crippen LogP contribution in [0.4, 0.5) is 5.69 Å². The van der Waals surface area contributed by atoms with Crippen LogP contribution in [0.2, 0.25) is 0 Å². The van der Waals surface area contributed by atoms with Crippen LogP contribution in [0.5, 0.6) is 5.75 Å². The topological polar surface area (TPSA) is 70.1 Å². The number of nitrogens with zero attached hydrogens (tertiary/aromatic N) is 2. The van der Waals surface area contributed by atoms with Gasteiger partial charge in [0.15, 0.2) is 0 Å². The molecule has 0 saturated heterocycles.